The van der Waals surface area contributed by atoms with Gasteiger partial charge in [-0.25, -0.2) is 4.79 Å². The molecule has 0 bridgehead atoms. The van der Waals surface area contributed by atoms with Crippen LogP contribution in [0.15, 0.2) is 0 Å². The Bertz CT molecular complexity index is 439. The predicted molar refractivity (Wildman–Crippen MR) is 83.1 cm³/mol. The molecule has 0 radical (unpaired) electrons. The van der Waals surface area contributed by atoms with Gasteiger partial charge in [0.2, 0.25) is 0 Å². The van der Waals surface area contributed by atoms with Crippen LogP contribution in [0, 0.1) is 0 Å². The molecule has 0 aliphatic heterocycles. The van der Waals surface area contributed by atoms with Gasteiger partial charge in [0.1, 0.15) is 10.6 Å². The first kappa shape index (κ1) is 17.7. The second-order valence-electron chi connectivity index (χ2n) is 4.29. The number of carbonyl (C=O) groups is 1. The molecule has 1 heterocycles. The zero-order valence-electron chi connectivity index (χ0n) is 12.8. The van der Waals surface area contributed by atoms with Crippen molar-refractivity contribution in [3.8, 4) is 0 Å². The molecule has 8 heteroatoms. The maximum Gasteiger partial charge on any atom is 0.345 e. The van der Waals surface area contributed by atoms with Crippen molar-refractivity contribution in [2.24, 2.45) is 0 Å². The van der Waals surface area contributed by atoms with Gasteiger partial charge in [-0.2, -0.15) is 4.37 Å². The van der Waals surface area contributed by atoms with Crippen LogP contribution in [0.1, 0.15) is 23.7 Å². The lowest BCUT2D eigenvalue weighted by molar-refractivity contribution is 0.0528. The van der Waals surface area contributed by atoms with E-state index < -0.39 is 5.97 Å². The molecule has 1 rings (SSSR count). The van der Waals surface area contributed by atoms with Crippen LogP contribution >= 0.6 is 11.5 Å². The molecule has 0 unspecified atom stereocenters. The highest BCUT2D eigenvalue weighted by atomic mass is 32.1. The molecule has 21 heavy (non-hydrogen) atoms. The lowest BCUT2D eigenvalue weighted by atomic mass is 10.3. The highest BCUT2D eigenvalue weighted by molar-refractivity contribution is 7.11. The summed E-state index contributed by atoms with van der Waals surface area (Å²) in [6.07, 6.45) is 0.834. The summed E-state index contributed by atoms with van der Waals surface area (Å²) in [5, 5.41) is 0.721. The highest BCUT2D eigenvalue weighted by Crippen LogP contribution is 2.31. The van der Waals surface area contributed by atoms with Crippen molar-refractivity contribution in [1.29, 1.82) is 0 Å². The first-order valence-electron chi connectivity index (χ1n) is 6.80. The summed E-state index contributed by atoms with van der Waals surface area (Å²) in [4.78, 5) is 14.1. The molecule has 2 N–H and O–H groups in total. The maximum atomic E-state index is 12.0. The molecule has 120 valence electrons. The predicted octanol–water partition coefficient (Wildman–Crippen LogP) is 1.39. The van der Waals surface area contributed by atoms with Crippen LogP contribution in [-0.2, 0) is 14.2 Å². The SMILES string of the molecule is CCOC(=O)c1c(N)nsc1N(CCCOC)CCOC. The van der Waals surface area contributed by atoms with Gasteiger partial charge in [-0.15, -0.1) is 0 Å². The van der Waals surface area contributed by atoms with Gasteiger partial charge < -0.3 is 24.8 Å². The summed E-state index contributed by atoms with van der Waals surface area (Å²) in [7, 11) is 3.30. The average molecular weight is 317 g/mol. The van der Waals surface area contributed by atoms with Crippen molar-refractivity contribution in [1.82, 2.24) is 4.37 Å². The number of aromatic nitrogens is 1. The van der Waals surface area contributed by atoms with E-state index in [1.54, 1.807) is 21.1 Å². The van der Waals surface area contributed by atoms with Crippen molar-refractivity contribution in [2.75, 3.05) is 57.8 Å². The largest absolute Gasteiger partial charge is 0.462 e. The summed E-state index contributed by atoms with van der Waals surface area (Å²) < 4.78 is 19.3. The minimum atomic E-state index is -0.437. The van der Waals surface area contributed by atoms with E-state index in [-0.39, 0.29) is 5.82 Å². The fourth-order valence-electron chi connectivity index (χ4n) is 1.82. The van der Waals surface area contributed by atoms with Crippen molar-refractivity contribution in [3.63, 3.8) is 0 Å². The van der Waals surface area contributed by atoms with Crippen molar-refractivity contribution < 1.29 is 19.0 Å². The maximum absolute atomic E-state index is 12.0. The van der Waals surface area contributed by atoms with E-state index in [0.29, 0.717) is 31.9 Å². The second kappa shape index (κ2) is 9.54. The van der Waals surface area contributed by atoms with E-state index in [1.807, 2.05) is 4.90 Å². The fourth-order valence-corrected chi connectivity index (χ4v) is 2.67. The van der Waals surface area contributed by atoms with E-state index in [4.69, 9.17) is 19.9 Å². The third-order valence-electron chi connectivity index (χ3n) is 2.81. The van der Waals surface area contributed by atoms with Gasteiger partial charge in [0.15, 0.2) is 5.82 Å². The highest BCUT2D eigenvalue weighted by Gasteiger charge is 2.24. The van der Waals surface area contributed by atoms with Crippen molar-refractivity contribution in [3.05, 3.63) is 5.56 Å². The Labute approximate surface area is 129 Å². The average Bonchev–Trinajstić information content (AvgIpc) is 2.84. The van der Waals surface area contributed by atoms with E-state index in [0.717, 1.165) is 18.0 Å². The summed E-state index contributed by atoms with van der Waals surface area (Å²) in [5.41, 5.74) is 6.15. The summed E-state index contributed by atoms with van der Waals surface area (Å²) in [5.74, 6) is -0.226. The number of nitrogens with two attached hydrogens (primary N) is 1. The Morgan fingerprint density at radius 2 is 2.00 bits per heavy atom. The molecule has 0 amide bonds. The lowest BCUT2D eigenvalue weighted by Crippen LogP contribution is -2.29. The molecule has 0 fully saturated rings. The van der Waals surface area contributed by atoms with Crippen LogP contribution in [0.25, 0.3) is 0 Å². The molecule has 0 aliphatic rings. The number of anilines is 2. The Hall–Kier alpha value is -1.38. The molecule has 7 nitrogen and oxygen atoms in total. The normalized spacial score (nSPS) is 10.6. The molecule has 0 saturated heterocycles. The zero-order chi connectivity index (χ0) is 15.7. The van der Waals surface area contributed by atoms with Gasteiger partial charge in [0, 0.05) is 33.9 Å². The van der Waals surface area contributed by atoms with Crippen LogP contribution in [0.2, 0.25) is 0 Å². The van der Waals surface area contributed by atoms with E-state index >= 15 is 0 Å². The Morgan fingerprint density at radius 1 is 1.29 bits per heavy atom. The van der Waals surface area contributed by atoms with Crippen LogP contribution < -0.4 is 10.6 Å². The van der Waals surface area contributed by atoms with E-state index in [1.165, 1.54) is 11.5 Å². The monoisotopic (exact) mass is 317 g/mol. The number of nitrogen functional groups attached to an aromatic ring is 1. The summed E-state index contributed by atoms with van der Waals surface area (Å²) in [6, 6.07) is 0. The smallest absolute Gasteiger partial charge is 0.345 e. The minimum Gasteiger partial charge on any atom is -0.462 e. The van der Waals surface area contributed by atoms with Gasteiger partial charge in [0.05, 0.1) is 13.2 Å². The van der Waals surface area contributed by atoms with Crippen molar-refractivity contribution in [2.45, 2.75) is 13.3 Å². The van der Waals surface area contributed by atoms with Gasteiger partial charge in [-0.3, -0.25) is 0 Å². The van der Waals surface area contributed by atoms with Crippen LogP contribution in [-0.4, -0.2) is 57.5 Å². The first-order valence-corrected chi connectivity index (χ1v) is 7.58. The Balaban J connectivity index is 2.92. The lowest BCUT2D eigenvalue weighted by Gasteiger charge is -2.23. The minimum absolute atomic E-state index is 0.211. The third-order valence-corrected chi connectivity index (χ3v) is 3.73. The molecule has 1 aromatic rings. The van der Waals surface area contributed by atoms with Crippen LogP contribution in [0.4, 0.5) is 10.8 Å². The van der Waals surface area contributed by atoms with E-state index in [2.05, 4.69) is 4.37 Å². The molecular formula is C13H23N3O4S. The molecule has 0 atom stereocenters. The molecule has 0 spiro atoms. The number of carbonyl (C=O) groups excluding carboxylic acids is 1. The summed E-state index contributed by atoms with van der Waals surface area (Å²) in [6.45, 7) is 4.63. The topological polar surface area (TPSA) is 86.9 Å². The number of ether oxygens (including phenoxy) is 3. The second-order valence-corrected chi connectivity index (χ2v) is 5.05. The number of hydrogen-bond acceptors (Lipinski definition) is 8. The number of hydrogen-bond donors (Lipinski definition) is 1. The zero-order valence-corrected chi connectivity index (χ0v) is 13.6. The number of esters is 1. The molecule has 0 aromatic carbocycles. The molecular weight excluding hydrogens is 294 g/mol. The first-order chi connectivity index (χ1) is 10.2. The number of methoxy groups -OCH3 is 2. The van der Waals surface area contributed by atoms with Crippen molar-refractivity contribution >= 4 is 28.3 Å². The fraction of sp³-hybridized carbons (Fsp3) is 0.692. The van der Waals surface area contributed by atoms with E-state index in [9.17, 15) is 4.79 Å². The quantitative estimate of drug-likeness (QED) is 0.515. The standard InChI is InChI=1S/C13H23N3O4S/c1-4-20-13(17)10-11(14)15-21-12(10)16(7-9-19-3)6-5-8-18-2/h4-9H2,1-3H3,(H2,14,15). The molecule has 1 aromatic heterocycles. The number of rotatable bonds is 10. The van der Waals surface area contributed by atoms with Crippen LogP contribution in [0.3, 0.4) is 0 Å². The Kier molecular flexibility index (Phi) is 8.03. The summed E-state index contributed by atoms with van der Waals surface area (Å²) >= 11 is 1.20. The Morgan fingerprint density at radius 3 is 2.62 bits per heavy atom. The molecule has 0 aliphatic carbocycles. The van der Waals surface area contributed by atoms with Gasteiger partial charge in [-0.1, -0.05) is 0 Å². The van der Waals surface area contributed by atoms with Gasteiger partial charge >= 0.3 is 5.97 Å². The third kappa shape index (κ3) is 5.14. The van der Waals surface area contributed by atoms with Gasteiger partial charge in [-0.05, 0) is 24.9 Å². The molecule has 0 saturated carbocycles. The van der Waals surface area contributed by atoms with Crippen LogP contribution in [0.5, 0.6) is 0 Å². The van der Waals surface area contributed by atoms with Gasteiger partial charge in [0.25, 0.3) is 0 Å². The number of nitrogens with zero attached hydrogens (tertiary/aromatic N) is 2.